The number of nitrogens with one attached hydrogen (secondary N) is 1. The summed E-state index contributed by atoms with van der Waals surface area (Å²) in [6, 6.07) is 0.0611. The summed E-state index contributed by atoms with van der Waals surface area (Å²) in [7, 11) is -2.80. The van der Waals surface area contributed by atoms with Gasteiger partial charge in [0.1, 0.15) is 9.84 Å². The van der Waals surface area contributed by atoms with Crippen LogP contribution in [-0.2, 0) is 14.6 Å². The number of rotatable bonds is 1. The second-order valence-corrected chi connectivity index (χ2v) is 5.43. The van der Waals surface area contributed by atoms with Crippen molar-refractivity contribution in [3.8, 4) is 0 Å². The highest BCUT2D eigenvalue weighted by molar-refractivity contribution is 7.91. The fraction of sp³-hybridized carbons (Fsp3) is 0.857. The molecule has 0 bridgehead atoms. The molecule has 12 heavy (non-hydrogen) atoms. The monoisotopic (exact) mass is 191 g/mol. The molecule has 0 aromatic heterocycles. The molecule has 1 N–H and O–H groups in total. The molecule has 1 aliphatic rings. The molecular formula is C7H13NO3S. The smallest absolute Gasteiger partial charge is 0.217 e. The van der Waals surface area contributed by atoms with Crippen LogP contribution in [0.3, 0.4) is 0 Å². The van der Waals surface area contributed by atoms with E-state index in [0.29, 0.717) is 12.8 Å². The third-order valence-electron chi connectivity index (χ3n) is 1.96. The quantitative estimate of drug-likeness (QED) is 0.619. The van der Waals surface area contributed by atoms with E-state index >= 15 is 0 Å². The van der Waals surface area contributed by atoms with Gasteiger partial charge in [-0.1, -0.05) is 0 Å². The molecule has 1 rings (SSSR count). The highest BCUT2D eigenvalue weighted by atomic mass is 32.2. The van der Waals surface area contributed by atoms with Gasteiger partial charge >= 0.3 is 0 Å². The van der Waals surface area contributed by atoms with Crippen molar-refractivity contribution in [3.05, 3.63) is 0 Å². The zero-order valence-electron chi connectivity index (χ0n) is 7.04. The van der Waals surface area contributed by atoms with E-state index in [1.807, 2.05) is 0 Å². The molecule has 0 saturated carbocycles. The van der Waals surface area contributed by atoms with E-state index < -0.39 is 9.84 Å². The Morgan fingerprint density at radius 2 is 1.83 bits per heavy atom. The normalized spacial score (nSPS) is 23.4. The highest BCUT2D eigenvalue weighted by Crippen LogP contribution is 2.11. The molecule has 1 aliphatic heterocycles. The Labute approximate surface area is 72.3 Å². The average Bonchev–Trinajstić information content (AvgIpc) is 1.93. The summed E-state index contributed by atoms with van der Waals surface area (Å²) in [5, 5.41) is 2.72. The van der Waals surface area contributed by atoms with Gasteiger partial charge in [-0.3, -0.25) is 4.79 Å². The van der Waals surface area contributed by atoms with Crippen molar-refractivity contribution in [3.63, 3.8) is 0 Å². The number of sulfone groups is 1. The van der Waals surface area contributed by atoms with Crippen LogP contribution in [0, 0.1) is 0 Å². The molecule has 1 fully saturated rings. The maximum atomic E-state index is 11.0. The van der Waals surface area contributed by atoms with Crippen molar-refractivity contribution < 1.29 is 13.2 Å². The lowest BCUT2D eigenvalue weighted by molar-refractivity contribution is -0.119. The number of hydrogen-bond donors (Lipinski definition) is 1. The molecule has 70 valence electrons. The van der Waals surface area contributed by atoms with Crippen LogP contribution in [0.15, 0.2) is 0 Å². The topological polar surface area (TPSA) is 63.2 Å². The molecule has 4 nitrogen and oxygen atoms in total. The van der Waals surface area contributed by atoms with Gasteiger partial charge in [-0.15, -0.1) is 0 Å². The molecule has 0 spiro atoms. The molecule has 1 heterocycles. The summed E-state index contributed by atoms with van der Waals surface area (Å²) in [6.07, 6.45) is 1.11. The Morgan fingerprint density at radius 3 is 2.25 bits per heavy atom. The van der Waals surface area contributed by atoms with Crippen LogP contribution >= 0.6 is 0 Å². The summed E-state index contributed by atoms with van der Waals surface area (Å²) in [6.45, 7) is 1.45. The molecule has 0 aliphatic carbocycles. The fourth-order valence-electron chi connectivity index (χ4n) is 1.32. The van der Waals surface area contributed by atoms with Crippen LogP contribution in [0.25, 0.3) is 0 Å². The molecule has 0 unspecified atom stereocenters. The van der Waals surface area contributed by atoms with Gasteiger partial charge in [0.25, 0.3) is 0 Å². The number of hydrogen-bond acceptors (Lipinski definition) is 3. The van der Waals surface area contributed by atoms with Crippen LogP contribution in [0.4, 0.5) is 0 Å². The molecule has 1 saturated heterocycles. The summed E-state index contributed by atoms with van der Waals surface area (Å²) in [5.41, 5.74) is 0. The first kappa shape index (κ1) is 9.51. The molecule has 0 aromatic carbocycles. The number of carbonyl (C=O) groups is 1. The summed E-state index contributed by atoms with van der Waals surface area (Å²) in [4.78, 5) is 10.6. The van der Waals surface area contributed by atoms with Crippen molar-refractivity contribution in [2.75, 3.05) is 11.5 Å². The van der Waals surface area contributed by atoms with Crippen molar-refractivity contribution >= 4 is 15.7 Å². The van der Waals surface area contributed by atoms with Crippen LogP contribution in [0.2, 0.25) is 0 Å². The Bertz CT molecular complexity index is 256. The molecular weight excluding hydrogens is 178 g/mol. The maximum absolute atomic E-state index is 11.0. The standard InChI is InChI=1S/C7H13NO3S/c1-6(9)8-7-2-4-12(10,11)5-3-7/h7H,2-5H2,1H3,(H,8,9). The fourth-order valence-corrected chi connectivity index (χ4v) is 2.81. The predicted octanol–water partition coefficient (Wildman–Crippen LogP) is -0.300. The molecule has 0 atom stereocenters. The Hall–Kier alpha value is -0.580. The Morgan fingerprint density at radius 1 is 1.33 bits per heavy atom. The molecule has 5 heteroatoms. The van der Waals surface area contributed by atoms with Gasteiger partial charge in [0, 0.05) is 13.0 Å². The lowest BCUT2D eigenvalue weighted by Crippen LogP contribution is -2.39. The minimum Gasteiger partial charge on any atom is -0.354 e. The van der Waals surface area contributed by atoms with E-state index in [4.69, 9.17) is 0 Å². The largest absolute Gasteiger partial charge is 0.354 e. The van der Waals surface area contributed by atoms with Gasteiger partial charge in [0.05, 0.1) is 11.5 Å². The lowest BCUT2D eigenvalue weighted by Gasteiger charge is -2.22. The third-order valence-corrected chi connectivity index (χ3v) is 3.68. The first-order valence-electron chi connectivity index (χ1n) is 3.97. The van der Waals surface area contributed by atoms with Gasteiger partial charge in [-0.05, 0) is 12.8 Å². The van der Waals surface area contributed by atoms with Crippen LogP contribution < -0.4 is 5.32 Å². The second kappa shape index (κ2) is 3.43. The van der Waals surface area contributed by atoms with Gasteiger partial charge in [-0.25, -0.2) is 8.42 Å². The van der Waals surface area contributed by atoms with Crippen LogP contribution in [0.1, 0.15) is 19.8 Å². The van der Waals surface area contributed by atoms with E-state index in [9.17, 15) is 13.2 Å². The van der Waals surface area contributed by atoms with E-state index in [0.717, 1.165) is 0 Å². The lowest BCUT2D eigenvalue weighted by atomic mass is 10.1. The van der Waals surface area contributed by atoms with Gasteiger partial charge in [-0.2, -0.15) is 0 Å². The zero-order valence-corrected chi connectivity index (χ0v) is 7.86. The molecule has 0 radical (unpaired) electrons. The van der Waals surface area contributed by atoms with Crippen molar-refractivity contribution in [2.24, 2.45) is 0 Å². The van der Waals surface area contributed by atoms with Crippen molar-refractivity contribution in [1.82, 2.24) is 5.32 Å². The Kier molecular flexibility index (Phi) is 2.72. The summed E-state index contributed by atoms with van der Waals surface area (Å²) >= 11 is 0. The molecule has 1 amide bonds. The van der Waals surface area contributed by atoms with E-state index in [1.54, 1.807) is 0 Å². The summed E-state index contributed by atoms with van der Waals surface area (Å²) < 4.78 is 21.9. The van der Waals surface area contributed by atoms with Gasteiger partial charge < -0.3 is 5.32 Å². The molecule has 0 aromatic rings. The van der Waals surface area contributed by atoms with Crippen LogP contribution in [-0.4, -0.2) is 31.9 Å². The SMILES string of the molecule is CC(=O)NC1CCS(=O)(=O)CC1. The van der Waals surface area contributed by atoms with E-state index in [1.165, 1.54) is 6.92 Å². The van der Waals surface area contributed by atoms with Crippen LogP contribution in [0.5, 0.6) is 0 Å². The Balaban J connectivity index is 2.41. The van der Waals surface area contributed by atoms with E-state index in [2.05, 4.69) is 5.32 Å². The summed E-state index contributed by atoms with van der Waals surface area (Å²) in [5.74, 6) is 0.329. The first-order valence-corrected chi connectivity index (χ1v) is 5.79. The third kappa shape index (κ3) is 2.81. The minimum atomic E-state index is -2.80. The predicted molar refractivity (Wildman–Crippen MR) is 45.5 cm³/mol. The number of amides is 1. The number of carbonyl (C=O) groups excluding carboxylic acids is 1. The first-order chi connectivity index (χ1) is 5.49. The maximum Gasteiger partial charge on any atom is 0.217 e. The van der Waals surface area contributed by atoms with Crippen molar-refractivity contribution in [2.45, 2.75) is 25.8 Å². The highest BCUT2D eigenvalue weighted by Gasteiger charge is 2.23. The second-order valence-electron chi connectivity index (χ2n) is 3.13. The minimum absolute atomic E-state index is 0.0611. The zero-order chi connectivity index (χ0) is 9.19. The van der Waals surface area contributed by atoms with Gasteiger partial charge in [0.2, 0.25) is 5.91 Å². The van der Waals surface area contributed by atoms with Crippen molar-refractivity contribution in [1.29, 1.82) is 0 Å². The van der Waals surface area contributed by atoms with Gasteiger partial charge in [0.15, 0.2) is 0 Å². The van der Waals surface area contributed by atoms with E-state index in [-0.39, 0.29) is 23.5 Å². The average molecular weight is 191 g/mol.